The van der Waals surface area contributed by atoms with Gasteiger partial charge in [-0.1, -0.05) is 63.6 Å². The molecule has 0 bridgehead atoms. The predicted octanol–water partition coefficient (Wildman–Crippen LogP) is 4.72. The molecule has 3 rings (SSSR count). The molecule has 4 heteroatoms. The third-order valence-electron chi connectivity index (χ3n) is 2.96. The van der Waals surface area contributed by atoms with Crippen LogP contribution in [-0.4, -0.2) is 5.16 Å². The smallest absolute Gasteiger partial charge is 0.225 e. The molecule has 20 heavy (non-hydrogen) atoms. The third-order valence-corrected chi connectivity index (χ3v) is 3.49. The topological polar surface area (TPSA) is 38.1 Å². The summed E-state index contributed by atoms with van der Waals surface area (Å²) >= 11 is 3.42. The molecule has 3 aromatic rings. The van der Waals surface area contributed by atoms with Gasteiger partial charge < -0.3 is 9.84 Å². The van der Waals surface area contributed by atoms with E-state index in [9.17, 15) is 0 Å². The minimum Gasteiger partial charge on any atom is -0.350 e. The SMILES string of the molecule is Brc1ccc(-c2cc(NCc3ccccc3)on2)cc1. The molecule has 0 radical (unpaired) electrons. The van der Waals surface area contributed by atoms with Gasteiger partial charge >= 0.3 is 0 Å². The van der Waals surface area contributed by atoms with Crippen LogP contribution in [0.3, 0.4) is 0 Å². The quantitative estimate of drug-likeness (QED) is 0.753. The maximum Gasteiger partial charge on any atom is 0.225 e. The van der Waals surface area contributed by atoms with Gasteiger partial charge in [-0.05, 0) is 17.7 Å². The monoisotopic (exact) mass is 328 g/mol. The van der Waals surface area contributed by atoms with E-state index in [1.165, 1.54) is 5.56 Å². The Morgan fingerprint density at radius 2 is 1.75 bits per heavy atom. The molecule has 0 atom stereocenters. The van der Waals surface area contributed by atoms with Gasteiger partial charge in [-0.25, -0.2) is 0 Å². The largest absolute Gasteiger partial charge is 0.350 e. The number of hydrogen-bond acceptors (Lipinski definition) is 3. The van der Waals surface area contributed by atoms with Crippen LogP contribution in [0, 0.1) is 0 Å². The maximum absolute atomic E-state index is 5.30. The number of nitrogens with zero attached hydrogens (tertiary/aromatic N) is 1. The summed E-state index contributed by atoms with van der Waals surface area (Å²) in [7, 11) is 0. The molecule has 0 aliphatic rings. The molecule has 100 valence electrons. The first-order chi connectivity index (χ1) is 9.81. The second-order valence-electron chi connectivity index (χ2n) is 4.42. The van der Waals surface area contributed by atoms with Crippen LogP contribution in [0.4, 0.5) is 5.88 Å². The van der Waals surface area contributed by atoms with E-state index in [0.717, 1.165) is 22.3 Å². The zero-order valence-corrected chi connectivity index (χ0v) is 12.3. The van der Waals surface area contributed by atoms with Gasteiger partial charge in [0.25, 0.3) is 0 Å². The molecule has 2 aromatic carbocycles. The van der Waals surface area contributed by atoms with Crippen molar-refractivity contribution < 1.29 is 4.52 Å². The van der Waals surface area contributed by atoms with Crippen molar-refractivity contribution in [2.24, 2.45) is 0 Å². The van der Waals surface area contributed by atoms with Gasteiger partial charge in [0.05, 0.1) is 0 Å². The fraction of sp³-hybridized carbons (Fsp3) is 0.0625. The summed E-state index contributed by atoms with van der Waals surface area (Å²) in [5.41, 5.74) is 3.06. The van der Waals surface area contributed by atoms with E-state index < -0.39 is 0 Å². The van der Waals surface area contributed by atoms with Crippen LogP contribution in [0.1, 0.15) is 5.56 Å². The maximum atomic E-state index is 5.30. The van der Waals surface area contributed by atoms with Gasteiger partial charge in [0, 0.05) is 22.6 Å². The minimum absolute atomic E-state index is 0.673. The second-order valence-corrected chi connectivity index (χ2v) is 5.34. The van der Waals surface area contributed by atoms with Gasteiger partial charge in [0.2, 0.25) is 5.88 Å². The van der Waals surface area contributed by atoms with E-state index in [4.69, 9.17) is 4.52 Å². The Balaban J connectivity index is 1.69. The summed E-state index contributed by atoms with van der Waals surface area (Å²) in [4.78, 5) is 0. The van der Waals surface area contributed by atoms with E-state index in [-0.39, 0.29) is 0 Å². The Hall–Kier alpha value is -2.07. The summed E-state index contributed by atoms with van der Waals surface area (Å²) in [6.07, 6.45) is 0. The van der Waals surface area contributed by atoms with Crippen LogP contribution in [0.2, 0.25) is 0 Å². The molecule has 0 aliphatic heterocycles. The average molecular weight is 329 g/mol. The zero-order valence-electron chi connectivity index (χ0n) is 10.7. The first-order valence-electron chi connectivity index (χ1n) is 6.32. The van der Waals surface area contributed by atoms with Crippen molar-refractivity contribution in [3.05, 3.63) is 70.7 Å². The molecule has 0 amide bonds. The van der Waals surface area contributed by atoms with Crippen molar-refractivity contribution in [1.29, 1.82) is 0 Å². The van der Waals surface area contributed by atoms with Crippen LogP contribution in [0.5, 0.6) is 0 Å². The summed E-state index contributed by atoms with van der Waals surface area (Å²) < 4.78 is 6.35. The molecule has 1 heterocycles. The number of rotatable bonds is 4. The Morgan fingerprint density at radius 3 is 2.50 bits per heavy atom. The highest BCUT2D eigenvalue weighted by Gasteiger charge is 2.06. The Bertz CT molecular complexity index is 677. The highest BCUT2D eigenvalue weighted by atomic mass is 79.9. The summed E-state index contributed by atoms with van der Waals surface area (Å²) in [6.45, 7) is 0.718. The van der Waals surface area contributed by atoms with Gasteiger partial charge in [0.1, 0.15) is 5.69 Å². The molecule has 0 spiro atoms. The van der Waals surface area contributed by atoms with Crippen LogP contribution in [0.25, 0.3) is 11.3 Å². The van der Waals surface area contributed by atoms with E-state index >= 15 is 0 Å². The Morgan fingerprint density at radius 1 is 1.00 bits per heavy atom. The normalized spacial score (nSPS) is 10.4. The van der Waals surface area contributed by atoms with Gasteiger partial charge in [-0.3, -0.25) is 0 Å². The number of anilines is 1. The number of aromatic nitrogens is 1. The third kappa shape index (κ3) is 3.08. The molecule has 0 aliphatic carbocycles. The van der Waals surface area contributed by atoms with Crippen LogP contribution in [-0.2, 0) is 6.54 Å². The molecule has 0 saturated carbocycles. The summed E-state index contributed by atoms with van der Waals surface area (Å²) in [5.74, 6) is 0.673. The highest BCUT2D eigenvalue weighted by Crippen LogP contribution is 2.23. The molecule has 1 aromatic heterocycles. The first kappa shape index (κ1) is 12.9. The number of nitrogens with one attached hydrogen (secondary N) is 1. The number of halogens is 1. The molecule has 1 N–H and O–H groups in total. The Labute approximate surface area is 125 Å². The average Bonchev–Trinajstić information content (AvgIpc) is 2.96. The highest BCUT2D eigenvalue weighted by molar-refractivity contribution is 9.10. The standard InChI is InChI=1S/C16H13BrN2O/c17-14-8-6-13(7-9-14)15-10-16(20-19-15)18-11-12-4-2-1-3-5-12/h1-10,18H,11H2. The van der Waals surface area contributed by atoms with Crippen LogP contribution in [0.15, 0.2) is 69.7 Å². The molecular weight excluding hydrogens is 316 g/mol. The summed E-state index contributed by atoms with van der Waals surface area (Å²) in [6, 6.07) is 20.1. The zero-order chi connectivity index (χ0) is 13.8. The van der Waals surface area contributed by atoms with E-state index in [1.54, 1.807) is 0 Å². The van der Waals surface area contributed by atoms with E-state index in [2.05, 4.69) is 38.5 Å². The minimum atomic E-state index is 0.673. The Kier molecular flexibility index (Phi) is 3.83. The molecule has 3 nitrogen and oxygen atoms in total. The molecule has 0 unspecified atom stereocenters. The lowest BCUT2D eigenvalue weighted by Gasteiger charge is -2.00. The second kappa shape index (κ2) is 5.92. The fourth-order valence-electron chi connectivity index (χ4n) is 1.90. The van der Waals surface area contributed by atoms with Crippen molar-refractivity contribution in [3.8, 4) is 11.3 Å². The lowest BCUT2D eigenvalue weighted by molar-refractivity contribution is 0.434. The number of hydrogen-bond donors (Lipinski definition) is 1. The van der Waals surface area contributed by atoms with Crippen molar-refractivity contribution in [2.75, 3.05) is 5.32 Å². The first-order valence-corrected chi connectivity index (χ1v) is 7.11. The van der Waals surface area contributed by atoms with Crippen LogP contribution < -0.4 is 5.32 Å². The van der Waals surface area contributed by atoms with Gasteiger partial charge in [-0.15, -0.1) is 0 Å². The van der Waals surface area contributed by atoms with Crippen molar-refractivity contribution >= 4 is 21.8 Å². The molecule has 0 fully saturated rings. The summed E-state index contributed by atoms with van der Waals surface area (Å²) in [5, 5.41) is 7.30. The van der Waals surface area contributed by atoms with Crippen molar-refractivity contribution in [2.45, 2.75) is 6.54 Å². The van der Waals surface area contributed by atoms with E-state index in [1.807, 2.05) is 48.5 Å². The predicted molar refractivity (Wildman–Crippen MR) is 83.4 cm³/mol. The molecular formula is C16H13BrN2O. The molecule has 0 saturated heterocycles. The van der Waals surface area contributed by atoms with Gasteiger partial charge in [-0.2, -0.15) is 0 Å². The van der Waals surface area contributed by atoms with Crippen molar-refractivity contribution in [1.82, 2.24) is 5.16 Å². The van der Waals surface area contributed by atoms with Gasteiger partial charge in [0.15, 0.2) is 0 Å². The lowest BCUT2D eigenvalue weighted by atomic mass is 10.1. The van der Waals surface area contributed by atoms with Crippen LogP contribution >= 0.6 is 15.9 Å². The number of benzene rings is 2. The fourth-order valence-corrected chi connectivity index (χ4v) is 2.16. The van der Waals surface area contributed by atoms with E-state index in [0.29, 0.717) is 5.88 Å². The lowest BCUT2D eigenvalue weighted by Crippen LogP contribution is -1.97. The van der Waals surface area contributed by atoms with Crippen molar-refractivity contribution in [3.63, 3.8) is 0 Å².